The molecule has 140 valence electrons. The Hall–Kier alpha value is -2.11. The zero-order valence-corrected chi connectivity index (χ0v) is 15.2. The van der Waals surface area contributed by atoms with E-state index in [1.165, 1.54) is 0 Å². The number of fused-ring (bicyclic) bond motifs is 1. The number of rotatable bonds is 3. The minimum atomic E-state index is 0.187. The van der Waals surface area contributed by atoms with Crippen molar-refractivity contribution in [1.82, 2.24) is 14.8 Å². The van der Waals surface area contributed by atoms with Gasteiger partial charge in [-0.25, -0.2) is 4.98 Å². The van der Waals surface area contributed by atoms with Crippen LogP contribution in [0.25, 0.3) is 0 Å². The standard InChI is InChI=1S/C18H25N5O3/c1-13-20-14(11-19)18(26-13)22-8-6-21(7-9-22)17(24)12-23-5-2-3-16-15(23)4-10-25-16/h15-16H,2-10,12H2,1H3/t15-,16-/m1/s1. The van der Waals surface area contributed by atoms with E-state index in [0.29, 0.717) is 62.3 Å². The van der Waals surface area contributed by atoms with Crippen molar-refractivity contribution in [3.63, 3.8) is 0 Å². The third kappa shape index (κ3) is 3.29. The third-order valence-corrected chi connectivity index (χ3v) is 5.66. The predicted molar refractivity (Wildman–Crippen MR) is 93.7 cm³/mol. The summed E-state index contributed by atoms with van der Waals surface area (Å²) < 4.78 is 11.4. The molecule has 8 nitrogen and oxygen atoms in total. The Kier molecular flexibility index (Phi) is 4.83. The van der Waals surface area contributed by atoms with Crippen LogP contribution in [0.4, 0.5) is 5.88 Å². The van der Waals surface area contributed by atoms with E-state index in [1.54, 1.807) is 6.92 Å². The number of hydrogen-bond donors (Lipinski definition) is 0. The first-order chi connectivity index (χ1) is 12.7. The van der Waals surface area contributed by atoms with Gasteiger partial charge in [0.05, 0.1) is 12.6 Å². The molecule has 0 bridgehead atoms. The number of amides is 1. The van der Waals surface area contributed by atoms with Gasteiger partial charge in [0.2, 0.25) is 17.5 Å². The lowest BCUT2D eigenvalue weighted by Crippen LogP contribution is -2.54. The van der Waals surface area contributed by atoms with Gasteiger partial charge in [-0.05, 0) is 25.8 Å². The lowest BCUT2D eigenvalue weighted by atomic mass is 9.98. The normalized spacial score (nSPS) is 26.6. The van der Waals surface area contributed by atoms with Gasteiger partial charge in [-0.1, -0.05) is 0 Å². The van der Waals surface area contributed by atoms with Crippen LogP contribution in [0.15, 0.2) is 4.42 Å². The predicted octanol–water partition coefficient (Wildman–Crippen LogP) is 0.757. The summed E-state index contributed by atoms with van der Waals surface area (Å²) in [6.45, 7) is 6.62. The Morgan fingerprint density at radius 2 is 2.08 bits per heavy atom. The van der Waals surface area contributed by atoms with E-state index in [2.05, 4.69) is 16.0 Å². The summed E-state index contributed by atoms with van der Waals surface area (Å²) in [6.07, 6.45) is 3.57. The highest BCUT2D eigenvalue weighted by Gasteiger charge is 2.37. The number of carbonyl (C=O) groups is 1. The van der Waals surface area contributed by atoms with Gasteiger partial charge in [-0.15, -0.1) is 0 Å². The first kappa shape index (κ1) is 17.3. The summed E-state index contributed by atoms with van der Waals surface area (Å²) in [5.41, 5.74) is 0.322. The molecule has 4 rings (SSSR count). The van der Waals surface area contributed by atoms with Gasteiger partial charge in [0.15, 0.2) is 5.89 Å². The van der Waals surface area contributed by atoms with Crippen molar-refractivity contribution < 1.29 is 13.9 Å². The number of anilines is 1. The second kappa shape index (κ2) is 7.25. The molecule has 3 aliphatic heterocycles. The maximum Gasteiger partial charge on any atom is 0.236 e. The monoisotopic (exact) mass is 359 g/mol. The Morgan fingerprint density at radius 3 is 2.85 bits per heavy atom. The molecule has 1 amide bonds. The lowest BCUT2D eigenvalue weighted by Gasteiger charge is -2.39. The van der Waals surface area contributed by atoms with Gasteiger partial charge in [0, 0.05) is 45.8 Å². The third-order valence-electron chi connectivity index (χ3n) is 5.66. The smallest absolute Gasteiger partial charge is 0.236 e. The highest BCUT2D eigenvalue weighted by molar-refractivity contribution is 5.78. The van der Waals surface area contributed by atoms with Crippen LogP contribution in [0, 0.1) is 18.3 Å². The largest absolute Gasteiger partial charge is 0.424 e. The number of hydrogen-bond acceptors (Lipinski definition) is 7. The molecule has 2 atom stereocenters. The molecule has 3 fully saturated rings. The quantitative estimate of drug-likeness (QED) is 0.787. The van der Waals surface area contributed by atoms with E-state index in [-0.39, 0.29) is 5.91 Å². The molecular formula is C18H25N5O3. The SMILES string of the molecule is Cc1nc(C#N)c(N2CCN(C(=O)CN3CCC[C@H]4OCC[C@H]43)CC2)o1. The number of aryl methyl sites for hydroxylation is 1. The maximum absolute atomic E-state index is 12.8. The van der Waals surface area contributed by atoms with Crippen LogP contribution in [-0.4, -0.2) is 78.7 Å². The van der Waals surface area contributed by atoms with Gasteiger partial charge >= 0.3 is 0 Å². The van der Waals surface area contributed by atoms with E-state index in [9.17, 15) is 10.1 Å². The highest BCUT2D eigenvalue weighted by atomic mass is 16.5. The summed E-state index contributed by atoms with van der Waals surface area (Å²) in [7, 11) is 0. The van der Waals surface area contributed by atoms with Crippen molar-refractivity contribution >= 4 is 11.8 Å². The topological polar surface area (TPSA) is 85.8 Å². The second-order valence-electron chi connectivity index (χ2n) is 7.24. The van der Waals surface area contributed by atoms with Crippen molar-refractivity contribution in [3.8, 4) is 6.07 Å². The molecule has 4 heterocycles. The molecule has 0 saturated carbocycles. The molecule has 3 saturated heterocycles. The molecule has 0 aromatic carbocycles. The second-order valence-corrected chi connectivity index (χ2v) is 7.24. The summed E-state index contributed by atoms with van der Waals surface area (Å²) in [4.78, 5) is 23.1. The Balaban J connectivity index is 1.33. The van der Waals surface area contributed by atoms with Crippen LogP contribution < -0.4 is 4.90 Å². The molecule has 0 spiro atoms. The fraction of sp³-hybridized carbons (Fsp3) is 0.722. The molecule has 8 heteroatoms. The number of oxazole rings is 1. The first-order valence-corrected chi connectivity index (χ1v) is 9.41. The highest BCUT2D eigenvalue weighted by Crippen LogP contribution is 2.28. The number of nitriles is 1. The zero-order valence-electron chi connectivity index (χ0n) is 15.2. The average Bonchev–Trinajstić information content (AvgIpc) is 3.28. The molecule has 26 heavy (non-hydrogen) atoms. The van der Waals surface area contributed by atoms with E-state index < -0.39 is 0 Å². The molecule has 0 aliphatic carbocycles. The minimum Gasteiger partial charge on any atom is -0.424 e. The fourth-order valence-corrected chi connectivity index (χ4v) is 4.32. The van der Waals surface area contributed by atoms with E-state index in [1.807, 2.05) is 9.80 Å². The molecular weight excluding hydrogens is 334 g/mol. The summed E-state index contributed by atoms with van der Waals surface area (Å²) in [5, 5.41) is 9.18. The first-order valence-electron chi connectivity index (χ1n) is 9.41. The summed E-state index contributed by atoms with van der Waals surface area (Å²) >= 11 is 0. The number of likely N-dealkylation sites (tertiary alicyclic amines) is 1. The summed E-state index contributed by atoms with van der Waals surface area (Å²) in [6, 6.07) is 2.48. The number of piperidine rings is 1. The molecule has 0 unspecified atom stereocenters. The Bertz CT molecular complexity index is 704. The average molecular weight is 359 g/mol. The van der Waals surface area contributed by atoms with E-state index >= 15 is 0 Å². The number of carbonyl (C=O) groups excluding carboxylic acids is 1. The number of nitrogens with zero attached hydrogens (tertiary/aromatic N) is 5. The van der Waals surface area contributed by atoms with Gasteiger partial charge < -0.3 is 19.0 Å². The Labute approximate surface area is 153 Å². The van der Waals surface area contributed by atoms with Crippen molar-refractivity contribution in [3.05, 3.63) is 11.6 Å². The van der Waals surface area contributed by atoms with Crippen LogP contribution in [0.2, 0.25) is 0 Å². The van der Waals surface area contributed by atoms with Crippen molar-refractivity contribution in [1.29, 1.82) is 5.26 Å². The summed E-state index contributed by atoms with van der Waals surface area (Å²) in [5.74, 6) is 1.21. The Morgan fingerprint density at radius 1 is 1.27 bits per heavy atom. The van der Waals surface area contributed by atoms with Gasteiger partial charge in [-0.2, -0.15) is 5.26 Å². The van der Waals surface area contributed by atoms with Crippen LogP contribution in [0.1, 0.15) is 30.8 Å². The maximum atomic E-state index is 12.8. The lowest BCUT2D eigenvalue weighted by molar-refractivity contribution is -0.134. The van der Waals surface area contributed by atoms with E-state index in [0.717, 1.165) is 32.4 Å². The van der Waals surface area contributed by atoms with Crippen LogP contribution in [0.5, 0.6) is 0 Å². The van der Waals surface area contributed by atoms with Crippen molar-refractivity contribution in [2.75, 3.05) is 50.8 Å². The van der Waals surface area contributed by atoms with Gasteiger partial charge in [0.25, 0.3) is 0 Å². The minimum absolute atomic E-state index is 0.187. The van der Waals surface area contributed by atoms with Crippen LogP contribution in [0.3, 0.4) is 0 Å². The van der Waals surface area contributed by atoms with Gasteiger partial charge in [-0.3, -0.25) is 9.69 Å². The van der Waals surface area contributed by atoms with Crippen molar-refractivity contribution in [2.45, 2.75) is 38.3 Å². The number of ether oxygens (including phenoxy) is 1. The van der Waals surface area contributed by atoms with Crippen LogP contribution in [-0.2, 0) is 9.53 Å². The number of aromatic nitrogens is 1. The molecule has 0 radical (unpaired) electrons. The molecule has 3 aliphatic rings. The van der Waals surface area contributed by atoms with Crippen molar-refractivity contribution in [2.24, 2.45) is 0 Å². The van der Waals surface area contributed by atoms with E-state index in [4.69, 9.17) is 9.15 Å². The molecule has 1 aromatic heterocycles. The van der Waals surface area contributed by atoms with Crippen LogP contribution >= 0.6 is 0 Å². The zero-order chi connectivity index (χ0) is 18.1. The molecule has 1 aromatic rings. The molecule has 0 N–H and O–H groups in total. The number of piperazine rings is 1. The van der Waals surface area contributed by atoms with Gasteiger partial charge in [0.1, 0.15) is 6.07 Å². The fourth-order valence-electron chi connectivity index (χ4n) is 4.32.